The highest BCUT2D eigenvalue weighted by Crippen LogP contribution is 2.38. The smallest absolute Gasteiger partial charge is 0.352 e. The first-order chi connectivity index (χ1) is 19.6. The maximum absolute atomic E-state index is 13.9. The zero-order valence-corrected chi connectivity index (χ0v) is 26.2. The van der Waals surface area contributed by atoms with Crippen LogP contribution < -0.4 is 9.62 Å². The van der Waals surface area contributed by atoms with Gasteiger partial charge in [0.2, 0.25) is 11.8 Å². The summed E-state index contributed by atoms with van der Waals surface area (Å²) in [7, 11) is -4.54. The molecule has 3 aromatic rings. The summed E-state index contributed by atoms with van der Waals surface area (Å²) < 4.78 is 70.1. The number of carbonyl (C=O) groups excluding carboxylic acids is 2. The summed E-state index contributed by atoms with van der Waals surface area (Å²) in [6, 6.07) is 15.4. The Morgan fingerprint density at radius 2 is 1.67 bits per heavy atom. The van der Waals surface area contributed by atoms with Crippen molar-refractivity contribution in [2.75, 3.05) is 10.8 Å². The number of hydrogen-bond acceptors (Lipinski definition) is 4. The lowest BCUT2D eigenvalue weighted by Gasteiger charge is -2.32. The predicted octanol–water partition coefficient (Wildman–Crippen LogP) is 6.65. The number of halogens is 5. The Hall–Kier alpha value is -3.09. The first-order valence-corrected chi connectivity index (χ1v) is 15.5. The molecule has 0 spiro atoms. The predicted molar refractivity (Wildman–Crippen MR) is 159 cm³/mol. The quantitative estimate of drug-likeness (QED) is 0.245. The van der Waals surface area contributed by atoms with Gasteiger partial charge in [-0.25, -0.2) is 8.42 Å². The van der Waals surface area contributed by atoms with Gasteiger partial charge in [0.15, 0.2) is 0 Å². The highest BCUT2D eigenvalue weighted by Gasteiger charge is 2.37. The molecule has 0 saturated carbocycles. The van der Waals surface area contributed by atoms with Crippen molar-refractivity contribution >= 4 is 55.1 Å². The molecule has 42 heavy (non-hydrogen) atoms. The number of benzene rings is 3. The molecule has 7 nitrogen and oxygen atoms in total. The topological polar surface area (TPSA) is 86.8 Å². The molecule has 3 aromatic carbocycles. The SMILES string of the molecule is CC[C@H](C)NC(=O)[C@H](C)N(Cc1cccc(Br)c1)C(=O)CN(c1ccc(Cl)c(C(F)(F)F)c1)S(=O)(=O)c1ccccc1. The lowest BCUT2D eigenvalue weighted by Crippen LogP contribution is -2.52. The van der Waals surface area contributed by atoms with Crippen LogP contribution in [0.25, 0.3) is 0 Å². The Kier molecular flexibility index (Phi) is 11.1. The molecule has 0 aliphatic rings. The van der Waals surface area contributed by atoms with Crippen LogP contribution in [-0.2, 0) is 32.3 Å². The molecule has 0 aliphatic carbocycles. The fourth-order valence-electron chi connectivity index (χ4n) is 4.01. The fourth-order valence-corrected chi connectivity index (χ4v) is 6.11. The van der Waals surface area contributed by atoms with Crippen molar-refractivity contribution in [2.24, 2.45) is 0 Å². The average molecular weight is 689 g/mol. The van der Waals surface area contributed by atoms with Gasteiger partial charge >= 0.3 is 6.18 Å². The number of carbonyl (C=O) groups is 2. The molecule has 0 unspecified atom stereocenters. The Morgan fingerprint density at radius 1 is 1.00 bits per heavy atom. The highest BCUT2D eigenvalue weighted by atomic mass is 79.9. The van der Waals surface area contributed by atoms with Gasteiger partial charge in [-0.3, -0.25) is 13.9 Å². The van der Waals surface area contributed by atoms with Crippen LogP contribution in [-0.4, -0.2) is 43.8 Å². The zero-order chi connectivity index (χ0) is 31.2. The van der Waals surface area contributed by atoms with Gasteiger partial charge < -0.3 is 10.2 Å². The molecule has 2 amide bonds. The van der Waals surface area contributed by atoms with Gasteiger partial charge in [0, 0.05) is 17.1 Å². The number of nitrogens with one attached hydrogen (secondary N) is 1. The first kappa shape index (κ1) is 33.4. The van der Waals surface area contributed by atoms with E-state index in [0.717, 1.165) is 16.6 Å². The molecule has 0 radical (unpaired) electrons. The third kappa shape index (κ3) is 8.26. The number of nitrogens with zero attached hydrogens (tertiary/aromatic N) is 2. The summed E-state index contributed by atoms with van der Waals surface area (Å²) in [5.74, 6) is -1.26. The van der Waals surface area contributed by atoms with Crippen LogP contribution in [0, 0.1) is 0 Å². The molecule has 3 rings (SSSR count). The van der Waals surface area contributed by atoms with Crippen LogP contribution in [0.3, 0.4) is 0 Å². The molecule has 0 aliphatic heterocycles. The van der Waals surface area contributed by atoms with E-state index in [9.17, 15) is 31.2 Å². The molecule has 226 valence electrons. The summed E-state index contributed by atoms with van der Waals surface area (Å²) in [6.07, 6.45) is -4.24. The maximum Gasteiger partial charge on any atom is 0.417 e. The molecule has 0 aromatic heterocycles. The summed E-state index contributed by atoms with van der Waals surface area (Å²) in [4.78, 5) is 28.0. The van der Waals surface area contributed by atoms with Gasteiger partial charge in [-0.05, 0) is 68.3 Å². The lowest BCUT2D eigenvalue weighted by atomic mass is 10.1. The van der Waals surface area contributed by atoms with Crippen molar-refractivity contribution < 1.29 is 31.2 Å². The lowest BCUT2D eigenvalue weighted by molar-refractivity contribution is -0.139. The van der Waals surface area contributed by atoms with E-state index in [0.29, 0.717) is 22.4 Å². The van der Waals surface area contributed by atoms with Crippen LogP contribution in [0.4, 0.5) is 18.9 Å². The molecule has 1 N–H and O–H groups in total. The zero-order valence-electron chi connectivity index (χ0n) is 23.0. The van der Waals surface area contributed by atoms with Gasteiger partial charge in [0.25, 0.3) is 10.0 Å². The molecular formula is C29H30BrClF3N3O4S. The highest BCUT2D eigenvalue weighted by molar-refractivity contribution is 9.10. The summed E-state index contributed by atoms with van der Waals surface area (Å²) in [5.41, 5.74) is -1.03. The number of anilines is 1. The van der Waals surface area contributed by atoms with Crippen LogP contribution in [0.1, 0.15) is 38.3 Å². The van der Waals surface area contributed by atoms with Crippen LogP contribution in [0.5, 0.6) is 0 Å². The van der Waals surface area contributed by atoms with Crippen molar-refractivity contribution in [3.63, 3.8) is 0 Å². The largest absolute Gasteiger partial charge is 0.417 e. The minimum atomic E-state index is -4.88. The number of alkyl halides is 3. The van der Waals surface area contributed by atoms with E-state index in [4.69, 9.17) is 11.6 Å². The van der Waals surface area contributed by atoms with E-state index in [1.54, 1.807) is 37.3 Å². The molecular weight excluding hydrogens is 659 g/mol. The second-order valence-electron chi connectivity index (χ2n) is 9.63. The standard InChI is InChI=1S/C29H30BrClF3N3O4S/c1-4-19(2)35-28(39)20(3)36(17-21-9-8-10-22(30)15-21)27(38)18-37(42(40,41)24-11-6-5-7-12-24)23-13-14-26(31)25(16-23)29(32,33)34/h5-16,19-20H,4,17-18H2,1-3H3,(H,35,39)/t19-,20-/m0/s1. The second kappa shape index (κ2) is 13.9. The average Bonchev–Trinajstić information content (AvgIpc) is 2.94. The monoisotopic (exact) mass is 687 g/mol. The van der Waals surface area contributed by atoms with E-state index in [1.807, 2.05) is 6.92 Å². The maximum atomic E-state index is 13.9. The molecule has 0 fully saturated rings. The molecule has 2 atom stereocenters. The van der Waals surface area contributed by atoms with Crippen molar-refractivity contribution in [2.45, 2.75) is 56.9 Å². The molecule has 0 saturated heterocycles. The van der Waals surface area contributed by atoms with E-state index in [2.05, 4.69) is 21.2 Å². The normalized spacial score (nSPS) is 13.2. The fraction of sp³-hybridized carbons (Fsp3) is 0.310. The number of hydrogen-bond donors (Lipinski definition) is 1. The van der Waals surface area contributed by atoms with E-state index >= 15 is 0 Å². The third-order valence-corrected chi connectivity index (χ3v) is 9.17. The third-order valence-electron chi connectivity index (χ3n) is 6.56. The Morgan fingerprint density at radius 3 is 2.26 bits per heavy atom. The van der Waals surface area contributed by atoms with Crippen LogP contribution in [0.2, 0.25) is 5.02 Å². The molecule has 13 heteroatoms. The van der Waals surface area contributed by atoms with Gasteiger partial charge in [-0.1, -0.05) is 64.8 Å². The Bertz CT molecular complexity index is 1520. The van der Waals surface area contributed by atoms with Crippen molar-refractivity contribution in [3.8, 4) is 0 Å². The molecule has 0 heterocycles. The summed E-state index contributed by atoms with van der Waals surface area (Å²) in [5, 5.41) is 2.20. The molecule has 0 bridgehead atoms. The van der Waals surface area contributed by atoms with Gasteiger partial charge in [0.05, 0.1) is 21.2 Å². The van der Waals surface area contributed by atoms with Crippen LogP contribution in [0.15, 0.2) is 82.2 Å². The van der Waals surface area contributed by atoms with Gasteiger partial charge in [0.1, 0.15) is 12.6 Å². The van der Waals surface area contributed by atoms with E-state index < -0.39 is 56.9 Å². The van der Waals surface area contributed by atoms with Crippen LogP contribution >= 0.6 is 27.5 Å². The first-order valence-electron chi connectivity index (χ1n) is 12.9. The minimum absolute atomic E-state index is 0.0684. The summed E-state index contributed by atoms with van der Waals surface area (Å²) in [6.45, 7) is 4.24. The van der Waals surface area contributed by atoms with Crippen molar-refractivity contribution in [1.29, 1.82) is 0 Å². The Balaban J connectivity index is 2.11. The van der Waals surface area contributed by atoms with Gasteiger partial charge in [-0.15, -0.1) is 0 Å². The number of rotatable bonds is 11. The number of sulfonamides is 1. The van der Waals surface area contributed by atoms with E-state index in [-0.39, 0.29) is 17.5 Å². The number of amides is 2. The van der Waals surface area contributed by atoms with E-state index in [1.165, 1.54) is 36.1 Å². The van der Waals surface area contributed by atoms with Crippen molar-refractivity contribution in [3.05, 3.63) is 93.4 Å². The minimum Gasteiger partial charge on any atom is -0.352 e. The second-order valence-corrected chi connectivity index (χ2v) is 12.8. The summed E-state index contributed by atoms with van der Waals surface area (Å²) >= 11 is 9.17. The van der Waals surface area contributed by atoms with Crippen molar-refractivity contribution in [1.82, 2.24) is 10.2 Å². The Labute approximate surface area is 256 Å². The van der Waals surface area contributed by atoms with Gasteiger partial charge in [-0.2, -0.15) is 13.2 Å².